The maximum absolute atomic E-state index is 12.1. The van der Waals surface area contributed by atoms with Crippen LogP contribution in [0.25, 0.3) is 0 Å². The number of esters is 3. The molecule has 0 saturated heterocycles. The highest BCUT2D eigenvalue weighted by Gasteiger charge is 2.22. The second-order valence-electron chi connectivity index (χ2n) is 6.12. The van der Waals surface area contributed by atoms with Crippen LogP contribution in [0.3, 0.4) is 0 Å². The number of carbonyl (C=O) groups excluding carboxylic acids is 3. The van der Waals surface area contributed by atoms with Crippen molar-refractivity contribution in [1.29, 1.82) is 5.41 Å². The molecular formula is C20H21N3O5S4. The van der Waals surface area contributed by atoms with Crippen LogP contribution in [0.2, 0.25) is 0 Å². The number of pyridine rings is 2. The van der Waals surface area contributed by atoms with E-state index in [1.165, 1.54) is 43.2 Å². The van der Waals surface area contributed by atoms with Gasteiger partial charge in [0.1, 0.15) is 20.6 Å². The summed E-state index contributed by atoms with van der Waals surface area (Å²) in [5.41, 5.74) is 0. The van der Waals surface area contributed by atoms with Gasteiger partial charge in [-0.3, -0.25) is 19.8 Å². The highest BCUT2D eigenvalue weighted by Crippen LogP contribution is 2.34. The molecule has 32 heavy (non-hydrogen) atoms. The van der Waals surface area contributed by atoms with Crippen LogP contribution in [-0.2, 0) is 23.9 Å². The maximum atomic E-state index is 12.1. The number of nitrogens with zero attached hydrogens (tertiary/aromatic N) is 2. The van der Waals surface area contributed by atoms with E-state index in [0.717, 1.165) is 10.1 Å². The van der Waals surface area contributed by atoms with Gasteiger partial charge in [-0.2, -0.15) is 0 Å². The predicted octanol–water partition coefficient (Wildman–Crippen LogP) is 4.80. The Kier molecular flexibility index (Phi) is 11.6. The second kappa shape index (κ2) is 14.2. The Balaban J connectivity index is 1.64. The van der Waals surface area contributed by atoms with E-state index in [4.69, 9.17) is 14.9 Å². The highest BCUT2D eigenvalue weighted by molar-refractivity contribution is 8.77. The molecule has 0 aliphatic rings. The number of hydrogen-bond donors (Lipinski definition) is 1. The number of ether oxygens (including phenoxy) is 2. The van der Waals surface area contributed by atoms with Crippen molar-refractivity contribution >= 4 is 67.0 Å². The minimum atomic E-state index is -0.779. The van der Waals surface area contributed by atoms with E-state index >= 15 is 0 Å². The molecule has 0 fully saturated rings. The normalized spacial score (nSPS) is 12.4. The zero-order chi connectivity index (χ0) is 23.3. The fraction of sp³-hybridized carbons (Fsp3) is 0.300. The van der Waals surface area contributed by atoms with Crippen molar-refractivity contribution in [2.24, 2.45) is 0 Å². The molecule has 0 amide bonds. The van der Waals surface area contributed by atoms with Gasteiger partial charge in [-0.25, -0.2) is 9.97 Å². The molecule has 170 valence electrons. The molecule has 0 spiro atoms. The smallest absolute Gasteiger partial charge is 0.327 e. The number of aromatic nitrogens is 2. The average molecular weight is 512 g/mol. The SMILES string of the molecule is CC(SSc1ccccn1)C(=O)OC(=N)CCC(=O)OC(=O)C(C)SSc1ccccn1. The van der Waals surface area contributed by atoms with Crippen LogP contribution in [0.5, 0.6) is 0 Å². The summed E-state index contributed by atoms with van der Waals surface area (Å²) < 4.78 is 9.78. The van der Waals surface area contributed by atoms with Crippen LogP contribution in [-0.4, -0.2) is 44.3 Å². The number of nitrogens with one attached hydrogen (secondary N) is 1. The van der Waals surface area contributed by atoms with Crippen LogP contribution >= 0.6 is 43.2 Å². The highest BCUT2D eigenvalue weighted by atomic mass is 33.1. The third kappa shape index (κ3) is 10.1. The molecule has 1 N–H and O–H groups in total. The van der Waals surface area contributed by atoms with Gasteiger partial charge in [0.2, 0.25) is 0 Å². The van der Waals surface area contributed by atoms with Crippen molar-refractivity contribution in [1.82, 2.24) is 9.97 Å². The molecule has 0 radical (unpaired) electrons. The molecule has 0 aliphatic heterocycles. The summed E-state index contributed by atoms with van der Waals surface area (Å²) in [7, 11) is 5.12. The molecule has 2 heterocycles. The van der Waals surface area contributed by atoms with E-state index in [9.17, 15) is 14.4 Å². The van der Waals surface area contributed by atoms with E-state index in [1.54, 1.807) is 38.4 Å². The van der Waals surface area contributed by atoms with Crippen molar-refractivity contribution in [3.8, 4) is 0 Å². The summed E-state index contributed by atoms with van der Waals surface area (Å²) >= 11 is 0. The first kappa shape index (κ1) is 26.2. The second-order valence-corrected chi connectivity index (χ2v) is 11.2. The molecule has 8 nitrogen and oxygen atoms in total. The van der Waals surface area contributed by atoms with E-state index < -0.39 is 28.4 Å². The number of carbonyl (C=O) groups is 3. The van der Waals surface area contributed by atoms with Gasteiger partial charge in [0.25, 0.3) is 0 Å². The summed E-state index contributed by atoms with van der Waals surface area (Å²) in [6.45, 7) is 3.28. The zero-order valence-electron chi connectivity index (χ0n) is 17.3. The van der Waals surface area contributed by atoms with Crippen LogP contribution in [0, 0.1) is 5.41 Å². The third-order valence-electron chi connectivity index (χ3n) is 3.49. The summed E-state index contributed by atoms with van der Waals surface area (Å²) in [6.07, 6.45) is 2.92. The molecule has 2 rings (SSSR count). The first-order valence-electron chi connectivity index (χ1n) is 9.37. The Labute approximate surface area is 201 Å². The summed E-state index contributed by atoms with van der Waals surface area (Å²) in [6, 6.07) is 10.9. The lowest BCUT2D eigenvalue weighted by Gasteiger charge is -2.11. The van der Waals surface area contributed by atoms with Crippen LogP contribution < -0.4 is 0 Å². The van der Waals surface area contributed by atoms with E-state index in [1.807, 2.05) is 24.3 Å². The summed E-state index contributed by atoms with van der Waals surface area (Å²) in [4.78, 5) is 44.3. The van der Waals surface area contributed by atoms with Gasteiger partial charge in [0, 0.05) is 18.8 Å². The zero-order valence-corrected chi connectivity index (χ0v) is 20.5. The van der Waals surface area contributed by atoms with Crippen LogP contribution in [0.4, 0.5) is 0 Å². The van der Waals surface area contributed by atoms with Gasteiger partial charge in [-0.15, -0.1) is 0 Å². The lowest BCUT2D eigenvalue weighted by Crippen LogP contribution is -2.23. The molecule has 2 unspecified atom stereocenters. The molecule has 2 atom stereocenters. The summed E-state index contributed by atoms with van der Waals surface area (Å²) in [5, 5.41) is 8.12. The van der Waals surface area contributed by atoms with Crippen molar-refractivity contribution in [3.05, 3.63) is 48.8 Å². The standard InChI is InChI=1S/C20H21N3O5S4/c1-13(29-31-16-7-3-5-11-22-16)19(25)27-15(21)9-10-18(24)28-20(26)14(2)30-32-17-8-4-6-12-23-17/h3-8,11-14,21H,9-10H2,1-2H3. The Morgan fingerprint density at radius 1 is 0.844 bits per heavy atom. The Bertz CT molecular complexity index is 842. The molecule has 0 aliphatic carbocycles. The molecule has 0 aromatic carbocycles. The Morgan fingerprint density at radius 3 is 1.81 bits per heavy atom. The van der Waals surface area contributed by atoms with Gasteiger partial charge < -0.3 is 9.47 Å². The lowest BCUT2D eigenvalue weighted by molar-refractivity contribution is -0.159. The predicted molar refractivity (Wildman–Crippen MR) is 128 cm³/mol. The van der Waals surface area contributed by atoms with Crippen molar-refractivity contribution in [2.45, 2.75) is 47.2 Å². The van der Waals surface area contributed by atoms with E-state index in [0.29, 0.717) is 0 Å². The molecule has 2 aromatic heterocycles. The Morgan fingerprint density at radius 2 is 1.34 bits per heavy atom. The van der Waals surface area contributed by atoms with Crippen LogP contribution in [0.15, 0.2) is 58.8 Å². The molecule has 0 bridgehead atoms. The minimum absolute atomic E-state index is 0.146. The van der Waals surface area contributed by atoms with Gasteiger partial charge in [-0.05, 0) is 59.7 Å². The first-order chi connectivity index (χ1) is 15.3. The quantitative estimate of drug-likeness (QED) is 0.147. The van der Waals surface area contributed by atoms with E-state index in [2.05, 4.69) is 9.97 Å². The third-order valence-corrected chi connectivity index (χ3v) is 8.80. The van der Waals surface area contributed by atoms with Crippen molar-refractivity contribution in [3.63, 3.8) is 0 Å². The van der Waals surface area contributed by atoms with Gasteiger partial charge >= 0.3 is 17.9 Å². The number of hydrogen-bond acceptors (Lipinski definition) is 12. The van der Waals surface area contributed by atoms with E-state index in [-0.39, 0.29) is 18.7 Å². The Hall–Kier alpha value is -2.02. The monoisotopic (exact) mass is 511 g/mol. The van der Waals surface area contributed by atoms with Crippen LogP contribution in [0.1, 0.15) is 26.7 Å². The molecule has 2 aromatic rings. The average Bonchev–Trinajstić information content (AvgIpc) is 2.80. The summed E-state index contributed by atoms with van der Waals surface area (Å²) in [5.74, 6) is -2.41. The molecule has 0 saturated carbocycles. The topological polar surface area (TPSA) is 119 Å². The molecular weight excluding hydrogens is 491 g/mol. The van der Waals surface area contributed by atoms with Gasteiger partial charge in [0.05, 0.1) is 6.42 Å². The fourth-order valence-corrected chi connectivity index (χ4v) is 5.57. The largest absolute Gasteiger partial charge is 0.411 e. The number of rotatable bonds is 11. The van der Waals surface area contributed by atoms with Gasteiger partial charge in [0.15, 0.2) is 5.90 Å². The fourth-order valence-electron chi connectivity index (χ4n) is 1.83. The maximum Gasteiger partial charge on any atom is 0.327 e. The first-order valence-corrected chi connectivity index (χ1v) is 13.8. The van der Waals surface area contributed by atoms with Gasteiger partial charge in [-0.1, -0.05) is 33.7 Å². The van der Waals surface area contributed by atoms with Crippen molar-refractivity contribution < 1.29 is 23.9 Å². The minimum Gasteiger partial charge on any atom is -0.411 e. The lowest BCUT2D eigenvalue weighted by atomic mass is 10.3. The van der Waals surface area contributed by atoms with Crippen molar-refractivity contribution in [2.75, 3.05) is 0 Å². The molecule has 12 heteroatoms.